The predicted octanol–water partition coefficient (Wildman–Crippen LogP) is 2.42. The Hall–Kier alpha value is -1.50. The number of halogens is 1. The zero-order valence-electron chi connectivity index (χ0n) is 15.4. The van der Waals surface area contributed by atoms with Crippen molar-refractivity contribution in [3.63, 3.8) is 0 Å². The largest absolute Gasteiger partial charge is 0.305 e. The maximum Gasteiger partial charge on any atom is 0.274 e. The van der Waals surface area contributed by atoms with E-state index in [-0.39, 0.29) is 11.4 Å². The number of fused-ring (bicyclic) bond motifs is 1. The third-order valence-electron chi connectivity index (χ3n) is 6.62. The Balaban J connectivity index is 1.36. The lowest BCUT2D eigenvalue weighted by Crippen LogP contribution is -2.56. The average Bonchev–Trinajstić information content (AvgIpc) is 2.62. The SMILES string of the molecule is CN1CC2(CCC(CN3CCc4cc(C(=O)NO)cc(F)c4C3)CC2)C1. The standard InChI is InChI=1S/C20H28FN3O2/c1-23-12-20(13-23)5-2-14(3-6-20)10-24-7-4-15-8-16(19(25)22-26)9-18(21)17(15)11-24/h8-9,14,26H,2-7,10-13H2,1H3,(H,22,25). The van der Waals surface area contributed by atoms with Crippen LogP contribution in [-0.2, 0) is 13.0 Å². The highest BCUT2D eigenvalue weighted by Crippen LogP contribution is 2.45. The molecule has 3 aliphatic rings. The highest BCUT2D eigenvalue weighted by molar-refractivity contribution is 5.93. The van der Waals surface area contributed by atoms with Gasteiger partial charge in [0.1, 0.15) is 5.82 Å². The van der Waals surface area contributed by atoms with E-state index < -0.39 is 5.91 Å². The molecular weight excluding hydrogens is 333 g/mol. The normalized spacial score (nSPS) is 23.5. The summed E-state index contributed by atoms with van der Waals surface area (Å²) >= 11 is 0. The number of nitrogens with zero attached hydrogens (tertiary/aromatic N) is 2. The molecule has 1 saturated carbocycles. The summed E-state index contributed by atoms with van der Waals surface area (Å²) in [5, 5.41) is 8.75. The fraction of sp³-hybridized carbons (Fsp3) is 0.650. The number of carbonyl (C=O) groups excluding carboxylic acids is 1. The fourth-order valence-corrected chi connectivity index (χ4v) is 5.28. The van der Waals surface area contributed by atoms with Crippen molar-refractivity contribution in [2.75, 3.05) is 33.2 Å². The Labute approximate surface area is 154 Å². The van der Waals surface area contributed by atoms with Gasteiger partial charge < -0.3 is 4.90 Å². The Morgan fingerprint density at radius 1 is 1.35 bits per heavy atom. The molecule has 2 fully saturated rings. The molecule has 5 nitrogen and oxygen atoms in total. The van der Waals surface area contributed by atoms with Gasteiger partial charge in [-0.3, -0.25) is 14.9 Å². The molecule has 2 aliphatic heterocycles. The van der Waals surface area contributed by atoms with E-state index in [0.29, 0.717) is 17.5 Å². The second kappa shape index (κ2) is 6.91. The van der Waals surface area contributed by atoms with Crippen LogP contribution in [0.1, 0.15) is 47.2 Å². The van der Waals surface area contributed by atoms with Gasteiger partial charge in [-0.15, -0.1) is 0 Å². The first-order valence-corrected chi connectivity index (χ1v) is 9.65. The lowest BCUT2D eigenvalue weighted by Gasteiger charge is -2.52. The van der Waals surface area contributed by atoms with E-state index in [9.17, 15) is 9.18 Å². The molecule has 6 heteroatoms. The van der Waals surface area contributed by atoms with E-state index >= 15 is 0 Å². The number of amides is 1. The molecule has 4 rings (SSSR count). The summed E-state index contributed by atoms with van der Waals surface area (Å²) in [6.07, 6.45) is 5.99. The molecule has 1 aromatic carbocycles. The Kier molecular flexibility index (Phi) is 4.75. The van der Waals surface area contributed by atoms with Crippen molar-refractivity contribution in [2.45, 2.75) is 38.6 Å². The Morgan fingerprint density at radius 3 is 2.73 bits per heavy atom. The monoisotopic (exact) mass is 361 g/mol. The molecule has 2 heterocycles. The van der Waals surface area contributed by atoms with Crippen LogP contribution in [0.5, 0.6) is 0 Å². The maximum atomic E-state index is 14.5. The number of hydrogen-bond acceptors (Lipinski definition) is 4. The average molecular weight is 361 g/mol. The van der Waals surface area contributed by atoms with Crippen LogP contribution in [0.3, 0.4) is 0 Å². The van der Waals surface area contributed by atoms with Crippen molar-refractivity contribution in [2.24, 2.45) is 11.3 Å². The van der Waals surface area contributed by atoms with Crippen molar-refractivity contribution in [3.05, 3.63) is 34.6 Å². The van der Waals surface area contributed by atoms with E-state index in [1.807, 2.05) is 0 Å². The minimum absolute atomic E-state index is 0.181. The molecule has 0 atom stereocenters. The number of nitrogens with one attached hydrogen (secondary N) is 1. The lowest BCUT2D eigenvalue weighted by molar-refractivity contribution is -0.0252. The molecule has 1 saturated heterocycles. The molecule has 1 amide bonds. The van der Waals surface area contributed by atoms with E-state index in [1.54, 1.807) is 11.5 Å². The molecule has 0 bridgehead atoms. The first-order chi connectivity index (χ1) is 12.5. The van der Waals surface area contributed by atoms with Gasteiger partial charge in [0.2, 0.25) is 0 Å². The third-order valence-corrected chi connectivity index (χ3v) is 6.62. The molecule has 26 heavy (non-hydrogen) atoms. The summed E-state index contributed by atoms with van der Waals surface area (Å²) in [4.78, 5) is 16.3. The molecular formula is C20H28FN3O2. The second-order valence-corrected chi connectivity index (χ2v) is 8.64. The van der Waals surface area contributed by atoms with Crippen LogP contribution in [-0.4, -0.2) is 54.1 Å². The zero-order valence-corrected chi connectivity index (χ0v) is 15.4. The molecule has 142 valence electrons. The topological polar surface area (TPSA) is 55.8 Å². The van der Waals surface area contributed by atoms with Crippen LogP contribution in [0, 0.1) is 17.2 Å². The second-order valence-electron chi connectivity index (χ2n) is 8.64. The Bertz CT molecular complexity index is 693. The number of rotatable bonds is 3. The van der Waals surface area contributed by atoms with Gasteiger partial charge >= 0.3 is 0 Å². The number of hydroxylamine groups is 1. The van der Waals surface area contributed by atoms with Gasteiger partial charge in [0.25, 0.3) is 5.91 Å². The van der Waals surface area contributed by atoms with Gasteiger partial charge in [-0.1, -0.05) is 0 Å². The summed E-state index contributed by atoms with van der Waals surface area (Å²) in [5.74, 6) is -0.284. The van der Waals surface area contributed by atoms with Crippen LogP contribution in [0.25, 0.3) is 0 Å². The molecule has 0 aromatic heterocycles. The summed E-state index contributed by atoms with van der Waals surface area (Å²) < 4.78 is 14.5. The molecule has 0 radical (unpaired) electrons. The Morgan fingerprint density at radius 2 is 2.08 bits per heavy atom. The van der Waals surface area contributed by atoms with Crippen molar-refractivity contribution < 1.29 is 14.4 Å². The molecule has 1 aromatic rings. The summed E-state index contributed by atoms with van der Waals surface area (Å²) in [6.45, 7) is 5.08. The summed E-state index contributed by atoms with van der Waals surface area (Å²) in [6, 6.07) is 2.93. The number of carbonyl (C=O) groups is 1. The smallest absolute Gasteiger partial charge is 0.274 e. The van der Waals surface area contributed by atoms with E-state index in [2.05, 4.69) is 16.8 Å². The molecule has 1 spiro atoms. The molecule has 1 aliphatic carbocycles. The highest BCUT2D eigenvalue weighted by atomic mass is 19.1. The third kappa shape index (κ3) is 3.38. The number of benzene rings is 1. The van der Waals surface area contributed by atoms with Gasteiger partial charge in [-0.2, -0.15) is 0 Å². The number of likely N-dealkylation sites (tertiary alicyclic amines) is 1. The molecule has 2 N–H and O–H groups in total. The lowest BCUT2D eigenvalue weighted by atomic mass is 9.66. The van der Waals surface area contributed by atoms with Gasteiger partial charge in [0.15, 0.2) is 0 Å². The van der Waals surface area contributed by atoms with Gasteiger partial charge in [0, 0.05) is 43.9 Å². The van der Waals surface area contributed by atoms with Crippen LogP contribution in [0.2, 0.25) is 0 Å². The first kappa shape index (κ1) is 17.9. The zero-order chi connectivity index (χ0) is 18.3. The fourth-order valence-electron chi connectivity index (χ4n) is 5.28. The summed E-state index contributed by atoms with van der Waals surface area (Å²) in [5.41, 5.74) is 3.95. The maximum absolute atomic E-state index is 14.5. The first-order valence-electron chi connectivity index (χ1n) is 9.65. The van der Waals surface area contributed by atoms with E-state index in [4.69, 9.17) is 5.21 Å². The van der Waals surface area contributed by atoms with E-state index in [1.165, 1.54) is 44.8 Å². The van der Waals surface area contributed by atoms with Gasteiger partial charge in [-0.25, -0.2) is 9.87 Å². The van der Waals surface area contributed by atoms with Crippen molar-refractivity contribution in [3.8, 4) is 0 Å². The highest BCUT2D eigenvalue weighted by Gasteiger charge is 2.43. The van der Waals surface area contributed by atoms with Crippen molar-refractivity contribution in [1.29, 1.82) is 0 Å². The van der Waals surface area contributed by atoms with Gasteiger partial charge in [0.05, 0.1) is 0 Å². The minimum atomic E-state index is -0.660. The van der Waals surface area contributed by atoms with Crippen molar-refractivity contribution >= 4 is 5.91 Å². The summed E-state index contributed by atoms with van der Waals surface area (Å²) in [7, 11) is 2.20. The van der Waals surface area contributed by atoms with E-state index in [0.717, 1.165) is 31.0 Å². The van der Waals surface area contributed by atoms with Crippen LogP contribution < -0.4 is 5.48 Å². The number of hydrogen-bond donors (Lipinski definition) is 2. The minimum Gasteiger partial charge on any atom is -0.305 e. The van der Waals surface area contributed by atoms with Gasteiger partial charge in [-0.05, 0) is 68.2 Å². The predicted molar refractivity (Wildman–Crippen MR) is 96.5 cm³/mol. The quantitative estimate of drug-likeness (QED) is 0.641. The molecule has 0 unspecified atom stereocenters. The van der Waals surface area contributed by atoms with Crippen molar-refractivity contribution in [1.82, 2.24) is 15.3 Å². The van der Waals surface area contributed by atoms with Crippen LogP contribution in [0.15, 0.2) is 12.1 Å². The van der Waals surface area contributed by atoms with Crippen LogP contribution >= 0.6 is 0 Å². The van der Waals surface area contributed by atoms with Crippen LogP contribution in [0.4, 0.5) is 4.39 Å².